The summed E-state index contributed by atoms with van der Waals surface area (Å²) in [4.78, 5) is 0. The van der Waals surface area contributed by atoms with Gasteiger partial charge in [0.15, 0.2) is 0 Å². The van der Waals surface area contributed by atoms with E-state index >= 15 is 0 Å². The van der Waals surface area contributed by atoms with Crippen molar-refractivity contribution in [3.8, 4) is 5.69 Å². The van der Waals surface area contributed by atoms with E-state index in [-0.39, 0.29) is 0 Å². The first-order chi connectivity index (χ1) is 20.7. The summed E-state index contributed by atoms with van der Waals surface area (Å²) in [5.74, 6) is 0. The van der Waals surface area contributed by atoms with Crippen molar-refractivity contribution in [2.24, 2.45) is 0 Å². The fourth-order valence-corrected chi connectivity index (χ4v) is 6.22. The molecule has 0 spiro atoms. The normalized spacial score (nSPS) is 11.4. The average molecular weight is 538 g/mol. The van der Waals surface area contributed by atoms with Crippen LogP contribution < -0.4 is 0 Å². The summed E-state index contributed by atoms with van der Waals surface area (Å²) in [5.41, 5.74) is 7.98. The van der Waals surface area contributed by atoms with E-state index in [1.54, 1.807) is 0 Å². The van der Waals surface area contributed by atoms with Crippen LogP contribution in [0, 0.1) is 26.0 Å². The van der Waals surface area contributed by atoms with Crippen molar-refractivity contribution < 1.29 is 4.42 Å². The van der Waals surface area contributed by atoms with Gasteiger partial charge in [-0.1, -0.05) is 96.6 Å². The number of fused-ring (bicyclic) bond motifs is 9. The van der Waals surface area contributed by atoms with E-state index in [0.717, 1.165) is 33.0 Å². The van der Waals surface area contributed by atoms with Crippen LogP contribution >= 0.6 is 0 Å². The first-order valence-electron chi connectivity index (χ1n) is 14.3. The minimum absolute atomic E-state index is 0.935. The van der Waals surface area contributed by atoms with Crippen LogP contribution in [0.3, 0.4) is 0 Å². The first-order valence-corrected chi connectivity index (χ1v) is 14.3. The molecular formula is C40H27NO. The zero-order chi connectivity index (χ0) is 28.2. The minimum atomic E-state index is 0.935. The lowest BCUT2D eigenvalue weighted by Gasteiger charge is -2.08. The molecule has 198 valence electrons. The zero-order valence-corrected chi connectivity index (χ0v) is 23.5. The number of rotatable bonds is 1. The number of aromatic nitrogens is 1. The Bertz CT molecular complexity index is 2380. The molecule has 0 aliphatic heterocycles. The van der Waals surface area contributed by atoms with E-state index < -0.39 is 0 Å². The Morgan fingerprint density at radius 3 is 1.90 bits per heavy atom. The van der Waals surface area contributed by atoms with E-state index in [9.17, 15) is 0 Å². The summed E-state index contributed by atoms with van der Waals surface area (Å²) in [7, 11) is 0. The number of hydrogen-bond acceptors (Lipinski definition) is 1. The molecular weight excluding hydrogens is 510 g/mol. The second kappa shape index (κ2) is 9.54. The standard InChI is InChI=1S/C26H19NO.C14H8/c1-16-10-12-24-21(14-16)19-7-3-4-9-23(19)27(24)18-11-13-25-22(15-18)20-8-5-6-17(2)26(20)28-25;1-3-7-13-11(5-1)9-10-12-6-2-4-8-14(12)13/h3-15H,1-2H3;1-8H. The van der Waals surface area contributed by atoms with E-state index in [0.29, 0.717) is 0 Å². The monoisotopic (exact) mass is 537 g/mol. The summed E-state index contributed by atoms with van der Waals surface area (Å²) in [6.07, 6.45) is 0. The van der Waals surface area contributed by atoms with Crippen LogP contribution in [0.4, 0.5) is 0 Å². The average Bonchev–Trinajstić information content (AvgIpc) is 3.57. The summed E-state index contributed by atoms with van der Waals surface area (Å²) >= 11 is 0. The second-order valence-corrected chi connectivity index (χ2v) is 10.9. The summed E-state index contributed by atoms with van der Waals surface area (Å²) < 4.78 is 8.50. The highest BCUT2D eigenvalue weighted by Gasteiger charge is 2.14. The number of para-hydroxylation sites is 2. The van der Waals surface area contributed by atoms with Crippen LogP contribution in [-0.2, 0) is 0 Å². The first kappa shape index (κ1) is 24.3. The predicted molar refractivity (Wildman–Crippen MR) is 177 cm³/mol. The van der Waals surface area contributed by atoms with Gasteiger partial charge in [0.2, 0.25) is 0 Å². The van der Waals surface area contributed by atoms with Gasteiger partial charge in [0, 0.05) is 38.0 Å². The van der Waals surface area contributed by atoms with Crippen LogP contribution in [0.2, 0.25) is 0 Å². The highest BCUT2D eigenvalue weighted by molar-refractivity contribution is 6.11. The molecule has 0 saturated heterocycles. The van der Waals surface area contributed by atoms with E-state index in [1.807, 2.05) is 12.1 Å². The Kier molecular flexibility index (Phi) is 5.52. The summed E-state index contributed by atoms with van der Waals surface area (Å²) in [6, 6.07) is 51.1. The Morgan fingerprint density at radius 1 is 0.500 bits per heavy atom. The predicted octanol–water partition coefficient (Wildman–Crippen LogP) is 10.9. The Labute approximate surface area is 244 Å². The van der Waals surface area contributed by atoms with Gasteiger partial charge in [-0.05, 0) is 78.7 Å². The molecule has 0 N–H and O–H groups in total. The Hall–Kier alpha value is -5.52. The van der Waals surface area contributed by atoms with Gasteiger partial charge in [-0.2, -0.15) is 0 Å². The zero-order valence-electron chi connectivity index (χ0n) is 23.5. The number of aryl methyl sites for hydroxylation is 2. The van der Waals surface area contributed by atoms with Gasteiger partial charge in [0.1, 0.15) is 11.2 Å². The molecule has 2 nitrogen and oxygen atoms in total. The SMILES string of the molecule is Cc1ccc2c(c1)c1ccccc1n2-c1ccc2oc3c(C)cccc3c2c1.c1c2ccccc2c2ccccc2c#1. The molecule has 0 saturated carbocycles. The van der Waals surface area contributed by atoms with Crippen LogP contribution in [0.25, 0.3) is 71.0 Å². The molecule has 2 aromatic heterocycles. The lowest BCUT2D eigenvalue weighted by Crippen LogP contribution is -1.93. The van der Waals surface area contributed by atoms with E-state index in [4.69, 9.17) is 4.42 Å². The van der Waals surface area contributed by atoms with Crippen molar-refractivity contribution in [1.82, 2.24) is 4.57 Å². The third kappa shape index (κ3) is 3.83. The molecule has 42 heavy (non-hydrogen) atoms. The van der Waals surface area contributed by atoms with Crippen molar-refractivity contribution in [1.29, 1.82) is 0 Å². The van der Waals surface area contributed by atoms with Gasteiger partial charge in [-0.3, -0.25) is 0 Å². The van der Waals surface area contributed by atoms with Crippen molar-refractivity contribution >= 4 is 65.3 Å². The topological polar surface area (TPSA) is 18.1 Å². The fourth-order valence-electron chi connectivity index (χ4n) is 6.22. The van der Waals surface area contributed by atoms with E-state index in [1.165, 1.54) is 49.1 Å². The third-order valence-corrected chi connectivity index (χ3v) is 8.24. The third-order valence-electron chi connectivity index (χ3n) is 8.24. The molecule has 9 aromatic rings. The van der Waals surface area contributed by atoms with Crippen molar-refractivity contribution in [2.45, 2.75) is 13.8 Å². The van der Waals surface area contributed by atoms with Gasteiger partial charge in [-0.25, -0.2) is 0 Å². The molecule has 0 atom stereocenters. The molecule has 7 aromatic carbocycles. The quantitative estimate of drug-likeness (QED) is 0.204. The molecule has 2 heterocycles. The maximum Gasteiger partial charge on any atom is 0.138 e. The van der Waals surface area contributed by atoms with Gasteiger partial charge in [0.05, 0.1) is 11.0 Å². The molecule has 0 fully saturated rings. The highest BCUT2D eigenvalue weighted by atomic mass is 16.3. The van der Waals surface area contributed by atoms with Crippen LogP contribution in [-0.4, -0.2) is 4.57 Å². The lowest BCUT2D eigenvalue weighted by molar-refractivity contribution is 0.665. The van der Waals surface area contributed by atoms with Crippen molar-refractivity contribution in [2.75, 3.05) is 0 Å². The smallest absolute Gasteiger partial charge is 0.138 e. The maximum atomic E-state index is 6.14. The molecule has 0 amide bonds. The lowest BCUT2D eigenvalue weighted by atomic mass is 10.0. The van der Waals surface area contributed by atoms with Crippen LogP contribution in [0.1, 0.15) is 11.1 Å². The van der Waals surface area contributed by atoms with E-state index in [2.05, 4.69) is 146 Å². The molecule has 0 bridgehead atoms. The largest absolute Gasteiger partial charge is 0.456 e. The van der Waals surface area contributed by atoms with Gasteiger partial charge >= 0.3 is 0 Å². The summed E-state index contributed by atoms with van der Waals surface area (Å²) in [6.45, 7) is 4.25. The maximum absolute atomic E-state index is 6.14. The van der Waals surface area contributed by atoms with Gasteiger partial charge < -0.3 is 8.98 Å². The number of benzene rings is 6. The van der Waals surface area contributed by atoms with Crippen LogP contribution in [0.15, 0.2) is 132 Å². The minimum Gasteiger partial charge on any atom is -0.456 e. The van der Waals surface area contributed by atoms with Gasteiger partial charge in [0.25, 0.3) is 0 Å². The molecule has 0 radical (unpaired) electrons. The molecule has 0 aliphatic rings. The number of hydrogen-bond donors (Lipinski definition) is 0. The van der Waals surface area contributed by atoms with Crippen molar-refractivity contribution in [3.05, 3.63) is 151 Å². The van der Waals surface area contributed by atoms with Gasteiger partial charge in [-0.15, -0.1) is 0 Å². The molecule has 0 aliphatic carbocycles. The highest BCUT2D eigenvalue weighted by Crippen LogP contribution is 2.36. The molecule has 2 heteroatoms. The molecule has 9 rings (SSSR count). The molecule has 0 unspecified atom stereocenters. The second-order valence-electron chi connectivity index (χ2n) is 10.9. The fraction of sp³-hybridized carbons (Fsp3) is 0.0500. The van der Waals surface area contributed by atoms with Crippen molar-refractivity contribution in [3.63, 3.8) is 0 Å². The van der Waals surface area contributed by atoms with Crippen LogP contribution in [0.5, 0.6) is 0 Å². The Balaban J connectivity index is 0.000000159. The Morgan fingerprint density at radius 2 is 1.14 bits per heavy atom. The number of nitrogens with zero attached hydrogens (tertiary/aromatic N) is 1. The summed E-state index contributed by atoms with van der Waals surface area (Å²) in [5, 5.41) is 9.68. The number of furan rings is 1.